The molecule has 1 saturated heterocycles. The molecule has 0 radical (unpaired) electrons. The average Bonchev–Trinajstić information content (AvgIpc) is 2.76. The summed E-state index contributed by atoms with van der Waals surface area (Å²) in [5.41, 5.74) is 7.24. The minimum atomic E-state index is 0.274. The Bertz CT molecular complexity index is 564. The van der Waals surface area contributed by atoms with Gasteiger partial charge in [0.05, 0.1) is 6.33 Å². The Balaban J connectivity index is 2.05. The van der Waals surface area contributed by atoms with Crippen LogP contribution in [0.3, 0.4) is 0 Å². The van der Waals surface area contributed by atoms with Gasteiger partial charge >= 0.3 is 0 Å². The largest absolute Gasteiger partial charge is 0.368 e. The zero-order valence-corrected chi connectivity index (χ0v) is 10.6. The Kier molecular flexibility index (Phi) is 2.55. The molecule has 0 spiro atoms. The minimum absolute atomic E-state index is 0.274. The Morgan fingerprint density at radius 1 is 1.39 bits per heavy atom. The summed E-state index contributed by atoms with van der Waals surface area (Å²) >= 11 is 0. The molecule has 7 heteroatoms. The van der Waals surface area contributed by atoms with Gasteiger partial charge in [0.15, 0.2) is 11.5 Å². The molecule has 96 valence electrons. The van der Waals surface area contributed by atoms with Gasteiger partial charge in [-0.3, -0.25) is 0 Å². The van der Waals surface area contributed by atoms with Gasteiger partial charge in [-0.2, -0.15) is 9.97 Å². The first-order chi connectivity index (χ1) is 8.65. The second-order valence-corrected chi connectivity index (χ2v) is 4.81. The number of hydrogen-bond acceptors (Lipinski definition) is 6. The molecule has 1 unspecified atom stereocenters. The van der Waals surface area contributed by atoms with E-state index in [1.807, 2.05) is 0 Å². The standard InChI is InChI=1S/C11H17N7/c1-7-5-17(2)3-4-18(7)10-8-9(14-6-13-8)15-11(12)16-10/h6-7H,3-5H2,1-2H3,(H3,12,13,14,15,16). The molecule has 1 fully saturated rings. The second kappa shape index (κ2) is 4.09. The van der Waals surface area contributed by atoms with Gasteiger partial charge in [0.2, 0.25) is 5.95 Å². The molecular weight excluding hydrogens is 230 g/mol. The molecular formula is C11H17N7. The molecule has 0 amide bonds. The first-order valence-electron chi connectivity index (χ1n) is 6.07. The highest BCUT2D eigenvalue weighted by Gasteiger charge is 2.25. The number of nitrogens with one attached hydrogen (secondary N) is 1. The van der Waals surface area contributed by atoms with Crippen molar-refractivity contribution in [3.8, 4) is 0 Å². The zero-order chi connectivity index (χ0) is 12.7. The highest BCUT2D eigenvalue weighted by Crippen LogP contribution is 2.25. The number of aromatic nitrogens is 4. The van der Waals surface area contributed by atoms with E-state index in [0.717, 1.165) is 31.0 Å². The third-order valence-corrected chi connectivity index (χ3v) is 3.39. The van der Waals surface area contributed by atoms with E-state index in [9.17, 15) is 0 Å². The summed E-state index contributed by atoms with van der Waals surface area (Å²) in [6.45, 7) is 5.15. The summed E-state index contributed by atoms with van der Waals surface area (Å²) in [5, 5.41) is 0. The Morgan fingerprint density at radius 2 is 2.22 bits per heavy atom. The molecule has 0 aromatic carbocycles. The molecule has 0 bridgehead atoms. The van der Waals surface area contributed by atoms with Crippen molar-refractivity contribution >= 4 is 22.9 Å². The molecule has 1 atom stereocenters. The van der Waals surface area contributed by atoms with Crippen LogP contribution in [-0.4, -0.2) is 57.6 Å². The van der Waals surface area contributed by atoms with Gasteiger partial charge in [0.25, 0.3) is 0 Å². The zero-order valence-electron chi connectivity index (χ0n) is 10.6. The number of nitrogen functional groups attached to an aromatic ring is 1. The van der Waals surface area contributed by atoms with Crippen LogP contribution in [0.4, 0.5) is 11.8 Å². The molecule has 2 aromatic rings. The van der Waals surface area contributed by atoms with Gasteiger partial charge in [-0.1, -0.05) is 0 Å². The van der Waals surface area contributed by atoms with E-state index in [0.29, 0.717) is 11.7 Å². The number of nitrogens with zero attached hydrogens (tertiary/aromatic N) is 5. The number of anilines is 2. The fourth-order valence-electron chi connectivity index (χ4n) is 2.50. The molecule has 7 nitrogen and oxygen atoms in total. The monoisotopic (exact) mass is 247 g/mol. The van der Waals surface area contributed by atoms with Crippen LogP contribution >= 0.6 is 0 Å². The number of rotatable bonds is 1. The predicted octanol–water partition coefficient (Wildman–Crippen LogP) is 0.0754. The Hall–Kier alpha value is -1.89. The van der Waals surface area contributed by atoms with Crippen molar-refractivity contribution in [3.05, 3.63) is 6.33 Å². The summed E-state index contributed by atoms with van der Waals surface area (Å²) in [5.74, 6) is 1.13. The van der Waals surface area contributed by atoms with Crippen LogP contribution in [0.25, 0.3) is 11.2 Å². The maximum atomic E-state index is 5.75. The van der Waals surface area contributed by atoms with E-state index in [4.69, 9.17) is 5.73 Å². The topological polar surface area (TPSA) is 87.0 Å². The average molecular weight is 247 g/mol. The molecule has 3 heterocycles. The lowest BCUT2D eigenvalue weighted by atomic mass is 10.2. The molecule has 1 aliphatic rings. The van der Waals surface area contributed by atoms with E-state index in [1.165, 1.54) is 0 Å². The van der Waals surface area contributed by atoms with E-state index < -0.39 is 0 Å². The van der Waals surface area contributed by atoms with Crippen molar-refractivity contribution in [2.24, 2.45) is 0 Å². The molecule has 1 aliphatic heterocycles. The maximum Gasteiger partial charge on any atom is 0.224 e. The van der Waals surface area contributed by atoms with Crippen molar-refractivity contribution in [2.45, 2.75) is 13.0 Å². The van der Waals surface area contributed by atoms with E-state index >= 15 is 0 Å². The maximum absolute atomic E-state index is 5.75. The number of imidazole rings is 1. The van der Waals surface area contributed by atoms with Crippen LogP contribution < -0.4 is 10.6 Å². The summed E-state index contributed by atoms with van der Waals surface area (Å²) in [6.07, 6.45) is 1.63. The summed E-state index contributed by atoms with van der Waals surface area (Å²) in [6, 6.07) is 0.393. The number of piperazine rings is 1. The van der Waals surface area contributed by atoms with Crippen molar-refractivity contribution in [2.75, 3.05) is 37.3 Å². The Morgan fingerprint density at radius 3 is 3.00 bits per heavy atom. The number of fused-ring (bicyclic) bond motifs is 1. The molecule has 3 N–H and O–H groups in total. The molecule has 3 rings (SSSR count). The molecule has 0 aliphatic carbocycles. The molecule has 2 aromatic heterocycles. The van der Waals surface area contributed by atoms with Crippen LogP contribution in [0, 0.1) is 0 Å². The number of likely N-dealkylation sites (N-methyl/N-ethyl adjacent to an activating group) is 1. The fraction of sp³-hybridized carbons (Fsp3) is 0.545. The minimum Gasteiger partial charge on any atom is -0.368 e. The van der Waals surface area contributed by atoms with Crippen molar-refractivity contribution in [3.63, 3.8) is 0 Å². The van der Waals surface area contributed by atoms with Gasteiger partial charge in [-0.15, -0.1) is 0 Å². The summed E-state index contributed by atoms with van der Waals surface area (Å²) < 4.78 is 0. The third-order valence-electron chi connectivity index (χ3n) is 3.39. The molecule has 0 saturated carbocycles. The van der Waals surface area contributed by atoms with Crippen LogP contribution in [0.5, 0.6) is 0 Å². The number of aromatic amines is 1. The van der Waals surface area contributed by atoms with Gasteiger partial charge in [-0.05, 0) is 14.0 Å². The number of H-pyrrole nitrogens is 1. The SMILES string of the molecule is CC1CN(C)CCN1c1nc(N)nc2nc[nH]c12. The second-order valence-electron chi connectivity index (χ2n) is 4.81. The number of nitrogens with two attached hydrogens (primary N) is 1. The van der Waals surface area contributed by atoms with Crippen molar-refractivity contribution < 1.29 is 0 Å². The van der Waals surface area contributed by atoms with Gasteiger partial charge in [-0.25, -0.2) is 4.98 Å². The Labute approximate surface area is 105 Å². The first-order valence-corrected chi connectivity index (χ1v) is 6.07. The lowest BCUT2D eigenvalue weighted by Crippen LogP contribution is -2.51. The number of hydrogen-bond donors (Lipinski definition) is 2. The third kappa shape index (κ3) is 1.76. The lowest BCUT2D eigenvalue weighted by molar-refractivity contribution is 0.275. The van der Waals surface area contributed by atoms with Crippen LogP contribution in [0.1, 0.15) is 6.92 Å². The quantitative estimate of drug-likeness (QED) is 0.742. The smallest absolute Gasteiger partial charge is 0.224 e. The fourth-order valence-corrected chi connectivity index (χ4v) is 2.50. The van der Waals surface area contributed by atoms with E-state index in [1.54, 1.807) is 6.33 Å². The molecule has 18 heavy (non-hydrogen) atoms. The predicted molar refractivity (Wildman–Crippen MR) is 70.4 cm³/mol. The summed E-state index contributed by atoms with van der Waals surface area (Å²) in [7, 11) is 2.13. The first kappa shape index (κ1) is 11.2. The van der Waals surface area contributed by atoms with Gasteiger partial charge in [0, 0.05) is 25.7 Å². The van der Waals surface area contributed by atoms with Crippen LogP contribution in [0.2, 0.25) is 0 Å². The van der Waals surface area contributed by atoms with Crippen LogP contribution in [-0.2, 0) is 0 Å². The van der Waals surface area contributed by atoms with E-state index in [2.05, 4.69) is 43.7 Å². The van der Waals surface area contributed by atoms with Gasteiger partial charge < -0.3 is 20.5 Å². The van der Waals surface area contributed by atoms with Crippen molar-refractivity contribution in [1.29, 1.82) is 0 Å². The lowest BCUT2D eigenvalue weighted by Gasteiger charge is -2.39. The van der Waals surface area contributed by atoms with Crippen LogP contribution in [0.15, 0.2) is 6.33 Å². The van der Waals surface area contributed by atoms with Crippen molar-refractivity contribution in [1.82, 2.24) is 24.8 Å². The highest BCUT2D eigenvalue weighted by molar-refractivity contribution is 5.84. The summed E-state index contributed by atoms with van der Waals surface area (Å²) in [4.78, 5) is 20.3. The normalized spacial score (nSPS) is 21.7. The van der Waals surface area contributed by atoms with E-state index in [-0.39, 0.29) is 5.95 Å². The highest BCUT2D eigenvalue weighted by atomic mass is 15.3. The van der Waals surface area contributed by atoms with Gasteiger partial charge in [0.1, 0.15) is 5.52 Å².